The van der Waals surface area contributed by atoms with Crippen molar-refractivity contribution in [3.63, 3.8) is 0 Å². The van der Waals surface area contributed by atoms with Gasteiger partial charge in [-0.3, -0.25) is 15.0 Å². The Morgan fingerprint density at radius 2 is 2.20 bits per heavy atom. The molecule has 1 N–H and O–H groups in total. The molecule has 1 aromatic carbocycles. The fourth-order valence-electron chi connectivity index (χ4n) is 3.17. The van der Waals surface area contributed by atoms with Crippen LogP contribution in [0.25, 0.3) is 11.4 Å². The first-order chi connectivity index (χ1) is 12.2. The van der Waals surface area contributed by atoms with E-state index in [9.17, 15) is 10.1 Å². The summed E-state index contributed by atoms with van der Waals surface area (Å²) in [5, 5.41) is 18.0. The van der Waals surface area contributed by atoms with Gasteiger partial charge in [0.05, 0.1) is 11.5 Å². The molecule has 2 heterocycles. The molecule has 0 spiro atoms. The van der Waals surface area contributed by atoms with E-state index in [1.54, 1.807) is 12.1 Å². The third kappa shape index (κ3) is 4.61. The number of piperidine rings is 1. The molecule has 8 heteroatoms. The number of rotatable bonds is 7. The molecule has 0 bridgehead atoms. The summed E-state index contributed by atoms with van der Waals surface area (Å²) in [7, 11) is 1.99. The van der Waals surface area contributed by atoms with Crippen LogP contribution in [0, 0.1) is 16.0 Å². The molecule has 1 fully saturated rings. The van der Waals surface area contributed by atoms with Crippen LogP contribution in [0.3, 0.4) is 0 Å². The fourth-order valence-corrected chi connectivity index (χ4v) is 3.17. The van der Waals surface area contributed by atoms with Crippen molar-refractivity contribution in [2.45, 2.75) is 25.8 Å². The third-order valence-electron chi connectivity index (χ3n) is 4.65. The van der Waals surface area contributed by atoms with E-state index in [0.717, 1.165) is 25.6 Å². The molecule has 134 valence electrons. The number of nitro groups is 1. The van der Waals surface area contributed by atoms with Gasteiger partial charge in [-0.15, -0.1) is 0 Å². The van der Waals surface area contributed by atoms with Crippen molar-refractivity contribution < 1.29 is 9.45 Å². The highest BCUT2D eigenvalue weighted by Gasteiger charge is 2.21. The average Bonchev–Trinajstić information content (AvgIpc) is 3.10. The van der Waals surface area contributed by atoms with Crippen molar-refractivity contribution >= 4 is 5.69 Å². The molecule has 1 aliphatic rings. The van der Waals surface area contributed by atoms with Crippen molar-refractivity contribution in [3.8, 4) is 11.4 Å². The minimum atomic E-state index is -0.428. The van der Waals surface area contributed by atoms with Gasteiger partial charge in [0.15, 0.2) is 0 Å². The van der Waals surface area contributed by atoms with Crippen LogP contribution in [0.15, 0.2) is 28.8 Å². The molecule has 3 rings (SSSR count). The van der Waals surface area contributed by atoms with E-state index in [-0.39, 0.29) is 5.69 Å². The van der Waals surface area contributed by atoms with Crippen LogP contribution in [0.1, 0.15) is 25.2 Å². The summed E-state index contributed by atoms with van der Waals surface area (Å²) in [6, 6.07) is 6.28. The van der Waals surface area contributed by atoms with Crippen molar-refractivity contribution in [3.05, 3.63) is 40.3 Å². The summed E-state index contributed by atoms with van der Waals surface area (Å²) in [5.41, 5.74) is 0.613. The first kappa shape index (κ1) is 17.5. The highest BCUT2D eigenvalue weighted by Crippen LogP contribution is 2.23. The minimum Gasteiger partial charge on any atom is -0.338 e. The molecule has 0 atom stereocenters. The summed E-state index contributed by atoms with van der Waals surface area (Å²) >= 11 is 0. The predicted octanol–water partition coefficient (Wildman–Crippen LogP) is 2.47. The van der Waals surface area contributed by atoms with E-state index >= 15 is 0 Å². The Kier molecular flexibility index (Phi) is 5.72. The summed E-state index contributed by atoms with van der Waals surface area (Å²) < 4.78 is 5.33. The third-order valence-corrected chi connectivity index (χ3v) is 4.65. The second-order valence-corrected chi connectivity index (χ2v) is 6.43. The topological polar surface area (TPSA) is 97.3 Å². The Hall–Kier alpha value is -2.32. The van der Waals surface area contributed by atoms with Crippen molar-refractivity contribution in [1.82, 2.24) is 20.4 Å². The quantitative estimate of drug-likeness (QED) is 0.608. The van der Waals surface area contributed by atoms with Gasteiger partial charge in [-0.1, -0.05) is 17.3 Å². The molecule has 1 aromatic heterocycles. The van der Waals surface area contributed by atoms with E-state index in [4.69, 9.17) is 4.52 Å². The highest BCUT2D eigenvalue weighted by atomic mass is 16.6. The Labute approximate surface area is 146 Å². The van der Waals surface area contributed by atoms with Crippen LogP contribution >= 0.6 is 0 Å². The summed E-state index contributed by atoms with van der Waals surface area (Å²) in [5.74, 6) is 1.73. The van der Waals surface area contributed by atoms with Gasteiger partial charge in [0, 0.05) is 17.7 Å². The van der Waals surface area contributed by atoms with Crippen LogP contribution < -0.4 is 5.32 Å². The van der Waals surface area contributed by atoms with Crippen molar-refractivity contribution in [2.75, 3.05) is 26.7 Å². The average molecular weight is 345 g/mol. The number of nitro benzene ring substituents is 1. The van der Waals surface area contributed by atoms with E-state index < -0.39 is 4.92 Å². The zero-order valence-electron chi connectivity index (χ0n) is 14.4. The summed E-state index contributed by atoms with van der Waals surface area (Å²) in [6.07, 6.45) is 3.60. The molecule has 0 unspecified atom stereocenters. The number of hydrogen-bond donors (Lipinski definition) is 1. The second kappa shape index (κ2) is 8.17. The van der Waals surface area contributed by atoms with E-state index in [2.05, 4.69) is 20.4 Å². The molecular formula is C17H23N5O3. The van der Waals surface area contributed by atoms with Crippen molar-refractivity contribution in [2.24, 2.45) is 5.92 Å². The van der Waals surface area contributed by atoms with Crippen molar-refractivity contribution in [1.29, 1.82) is 0 Å². The maximum Gasteiger partial charge on any atom is 0.270 e. The standard InChI is InChI=1S/C17H23N5O3/c1-18-8-5-13-6-9-21(10-7-13)12-16-19-17(20-25-16)14-3-2-4-15(11-14)22(23)24/h2-4,11,13,18H,5-10,12H2,1H3. The smallest absolute Gasteiger partial charge is 0.270 e. The number of nitrogens with zero attached hydrogens (tertiary/aromatic N) is 4. The number of non-ortho nitro benzene ring substituents is 1. The molecule has 25 heavy (non-hydrogen) atoms. The number of aromatic nitrogens is 2. The van der Waals surface area contributed by atoms with Gasteiger partial charge in [0.1, 0.15) is 0 Å². The van der Waals surface area contributed by atoms with Gasteiger partial charge in [-0.05, 0) is 51.9 Å². The highest BCUT2D eigenvalue weighted by molar-refractivity contribution is 5.58. The molecule has 1 saturated heterocycles. The molecule has 0 amide bonds. The lowest BCUT2D eigenvalue weighted by molar-refractivity contribution is -0.384. The Morgan fingerprint density at radius 3 is 2.92 bits per heavy atom. The van der Waals surface area contributed by atoms with Crippen LogP contribution in [-0.4, -0.2) is 46.6 Å². The van der Waals surface area contributed by atoms with Gasteiger partial charge in [-0.25, -0.2) is 0 Å². The molecule has 8 nitrogen and oxygen atoms in total. The van der Waals surface area contributed by atoms with Crippen LogP contribution in [0.2, 0.25) is 0 Å². The van der Waals surface area contributed by atoms with E-state index in [0.29, 0.717) is 23.8 Å². The van der Waals surface area contributed by atoms with Crippen LogP contribution in [0.4, 0.5) is 5.69 Å². The van der Waals surface area contributed by atoms with Gasteiger partial charge in [0.25, 0.3) is 5.69 Å². The van der Waals surface area contributed by atoms with E-state index in [1.807, 2.05) is 7.05 Å². The molecule has 0 aliphatic carbocycles. The molecule has 1 aliphatic heterocycles. The molecular weight excluding hydrogens is 322 g/mol. The lowest BCUT2D eigenvalue weighted by Crippen LogP contribution is -2.34. The van der Waals surface area contributed by atoms with Crippen LogP contribution in [-0.2, 0) is 6.54 Å². The number of likely N-dealkylation sites (tertiary alicyclic amines) is 1. The Balaban J connectivity index is 1.57. The van der Waals surface area contributed by atoms with Gasteiger partial charge >= 0.3 is 0 Å². The Bertz CT molecular complexity index is 710. The maximum atomic E-state index is 10.9. The first-order valence-corrected chi connectivity index (χ1v) is 8.60. The van der Waals surface area contributed by atoms with Crippen LogP contribution in [0.5, 0.6) is 0 Å². The lowest BCUT2D eigenvalue weighted by atomic mass is 9.93. The second-order valence-electron chi connectivity index (χ2n) is 6.43. The zero-order chi connectivity index (χ0) is 17.6. The fraction of sp³-hybridized carbons (Fsp3) is 0.529. The molecule has 0 radical (unpaired) electrons. The predicted molar refractivity (Wildman–Crippen MR) is 92.9 cm³/mol. The largest absolute Gasteiger partial charge is 0.338 e. The van der Waals surface area contributed by atoms with Gasteiger partial charge < -0.3 is 9.84 Å². The number of hydrogen-bond acceptors (Lipinski definition) is 7. The molecule has 2 aromatic rings. The van der Waals surface area contributed by atoms with E-state index in [1.165, 1.54) is 31.4 Å². The minimum absolute atomic E-state index is 0.0208. The normalized spacial score (nSPS) is 16.2. The number of nitrogens with one attached hydrogen (secondary N) is 1. The van der Waals surface area contributed by atoms with Gasteiger partial charge in [-0.2, -0.15) is 4.98 Å². The maximum absolute atomic E-state index is 10.9. The lowest BCUT2D eigenvalue weighted by Gasteiger charge is -2.30. The molecule has 0 saturated carbocycles. The summed E-state index contributed by atoms with van der Waals surface area (Å²) in [6.45, 7) is 3.76. The summed E-state index contributed by atoms with van der Waals surface area (Å²) in [4.78, 5) is 17.2. The number of benzene rings is 1. The SMILES string of the molecule is CNCCC1CCN(Cc2nc(-c3cccc([N+](=O)[O-])c3)no2)CC1. The zero-order valence-corrected chi connectivity index (χ0v) is 14.4. The first-order valence-electron chi connectivity index (χ1n) is 8.60. The monoisotopic (exact) mass is 345 g/mol. The van der Waals surface area contributed by atoms with Gasteiger partial charge in [0.2, 0.25) is 11.7 Å². The Morgan fingerprint density at radius 1 is 1.40 bits per heavy atom.